The first kappa shape index (κ1) is 8.04. The van der Waals surface area contributed by atoms with Crippen molar-refractivity contribution in [3.8, 4) is 11.5 Å². The molecular formula is C9H7FO3. The zero-order valence-electron chi connectivity index (χ0n) is 6.75. The summed E-state index contributed by atoms with van der Waals surface area (Å²) < 4.78 is 23.3. The fourth-order valence-corrected chi connectivity index (χ4v) is 1.22. The van der Waals surface area contributed by atoms with Gasteiger partial charge in [0.05, 0.1) is 5.56 Å². The molecule has 0 bridgehead atoms. The predicted octanol–water partition coefficient (Wildman–Crippen LogP) is 1.41. The van der Waals surface area contributed by atoms with Gasteiger partial charge < -0.3 is 9.47 Å². The van der Waals surface area contributed by atoms with Crippen LogP contribution in [0.3, 0.4) is 0 Å². The Labute approximate surface area is 74.1 Å². The Morgan fingerprint density at radius 1 is 1.31 bits per heavy atom. The van der Waals surface area contributed by atoms with Gasteiger partial charge >= 0.3 is 0 Å². The number of halogens is 1. The fraction of sp³-hybridized carbons (Fsp3) is 0.222. The molecule has 0 fully saturated rings. The maximum atomic E-state index is 13.0. The molecule has 1 aliphatic heterocycles. The maximum Gasteiger partial charge on any atom is 0.174 e. The van der Waals surface area contributed by atoms with Gasteiger partial charge in [-0.2, -0.15) is 0 Å². The number of carbonyl (C=O) groups is 1. The van der Waals surface area contributed by atoms with Crippen LogP contribution in [0.15, 0.2) is 12.1 Å². The van der Waals surface area contributed by atoms with E-state index in [1.54, 1.807) is 0 Å². The van der Waals surface area contributed by atoms with E-state index in [0.29, 0.717) is 25.2 Å². The van der Waals surface area contributed by atoms with Crippen molar-refractivity contribution in [3.05, 3.63) is 23.5 Å². The van der Waals surface area contributed by atoms with Gasteiger partial charge in [-0.1, -0.05) is 0 Å². The van der Waals surface area contributed by atoms with E-state index in [-0.39, 0.29) is 11.3 Å². The second-order valence-corrected chi connectivity index (χ2v) is 2.60. The third kappa shape index (κ3) is 1.24. The van der Waals surface area contributed by atoms with Crippen LogP contribution in [0.25, 0.3) is 0 Å². The molecule has 0 aliphatic carbocycles. The van der Waals surface area contributed by atoms with Gasteiger partial charge in [-0.3, -0.25) is 4.79 Å². The summed E-state index contributed by atoms with van der Waals surface area (Å²) >= 11 is 0. The lowest BCUT2D eigenvalue weighted by atomic mass is 10.2. The number of aldehydes is 1. The first-order valence-corrected chi connectivity index (χ1v) is 3.86. The highest BCUT2D eigenvalue weighted by atomic mass is 19.1. The Morgan fingerprint density at radius 2 is 2.08 bits per heavy atom. The first-order chi connectivity index (χ1) is 6.33. The second kappa shape index (κ2) is 3.05. The Bertz CT molecular complexity index is 349. The van der Waals surface area contributed by atoms with Crippen LogP contribution in [0, 0.1) is 5.82 Å². The molecule has 68 valence electrons. The summed E-state index contributed by atoms with van der Waals surface area (Å²) in [5.74, 6) is 0.0512. The van der Waals surface area contributed by atoms with Crippen LogP contribution in [0.1, 0.15) is 10.4 Å². The lowest BCUT2D eigenvalue weighted by Crippen LogP contribution is -2.17. The Hall–Kier alpha value is -1.58. The van der Waals surface area contributed by atoms with Gasteiger partial charge in [0, 0.05) is 0 Å². The van der Waals surface area contributed by atoms with Crippen molar-refractivity contribution in [1.29, 1.82) is 0 Å². The van der Waals surface area contributed by atoms with Crippen LogP contribution >= 0.6 is 0 Å². The van der Waals surface area contributed by atoms with Crippen molar-refractivity contribution in [2.24, 2.45) is 0 Å². The number of hydrogen-bond donors (Lipinski definition) is 0. The minimum absolute atomic E-state index is 0.0720. The normalized spacial score (nSPS) is 13.9. The van der Waals surface area contributed by atoms with E-state index in [2.05, 4.69) is 0 Å². The van der Waals surface area contributed by atoms with Gasteiger partial charge in [-0.05, 0) is 12.1 Å². The molecule has 1 aromatic carbocycles. The van der Waals surface area contributed by atoms with Gasteiger partial charge in [0.2, 0.25) is 0 Å². The number of ether oxygens (including phenoxy) is 2. The van der Waals surface area contributed by atoms with E-state index >= 15 is 0 Å². The lowest BCUT2D eigenvalue weighted by molar-refractivity contribution is 0.110. The maximum absolute atomic E-state index is 13.0. The number of rotatable bonds is 1. The Balaban J connectivity index is 2.58. The van der Waals surface area contributed by atoms with Crippen molar-refractivity contribution in [1.82, 2.24) is 0 Å². The minimum Gasteiger partial charge on any atom is -0.486 e. The number of benzene rings is 1. The zero-order chi connectivity index (χ0) is 9.26. The zero-order valence-corrected chi connectivity index (χ0v) is 6.75. The molecule has 13 heavy (non-hydrogen) atoms. The molecule has 1 heterocycles. The number of fused-ring (bicyclic) bond motifs is 1. The van der Waals surface area contributed by atoms with Gasteiger partial charge in [0.25, 0.3) is 0 Å². The van der Waals surface area contributed by atoms with Crippen LogP contribution < -0.4 is 9.47 Å². The molecule has 0 spiro atoms. The largest absolute Gasteiger partial charge is 0.486 e. The summed E-state index contributed by atoms with van der Waals surface area (Å²) in [6, 6.07) is 2.65. The molecule has 0 aromatic heterocycles. The molecular weight excluding hydrogens is 175 g/mol. The van der Waals surface area contributed by atoms with Crippen LogP contribution in [0.5, 0.6) is 11.5 Å². The molecule has 0 unspecified atom stereocenters. The fourth-order valence-electron chi connectivity index (χ4n) is 1.22. The number of hydrogen-bond acceptors (Lipinski definition) is 3. The van der Waals surface area contributed by atoms with Crippen molar-refractivity contribution < 1.29 is 18.7 Å². The molecule has 0 saturated carbocycles. The van der Waals surface area contributed by atoms with Gasteiger partial charge in [-0.25, -0.2) is 4.39 Å². The highest BCUT2D eigenvalue weighted by molar-refractivity contribution is 5.81. The molecule has 4 heteroatoms. The molecule has 1 aromatic rings. The summed E-state index contributed by atoms with van der Waals surface area (Å²) in [5.41, 5.74) is -0.0720. The first-order valence-electron chi connectivity index (χ1n) is 3.86. The summed E-state index contributed by atoms with van der Waals surface area (Å²) in [7, 11) is 0. The minimum atomic E-state index is -0.584. The molecule has 2 rings (SSSR count). The van der Waals surface area contributed by atoms with Gasteiger partial charge in [0.15, 0.2) is 17.8 Å². The van der Waals surface area contributed by atoms with Crippen molar-refractivity contribution in [3.63, 3.8) is 0 Å². The van der Waals surface area contributed by atoms with Crippen molar-refractivity contribution in [2.45, 2.75) is 0 Å². The molecule has 0 amide bonds. The molecule has 3 nitrogen and oxygen atoms in total. The van der Waals surface area contributed by atoms with Gasteiger partial charge in [0.1, 0.15) is 19.0 Å². The monoisotopic (exact) mass is 182 g/mol. The lowest BCUT2D eigenvalue weighted by Gasteiger charge is -2.19. The van der Waals surface area contributed by atoms with E-state index in [1.807, 2.05) is 0 Å². The van der Waals surface area contributed by atoms with E-state index in [4.69, 9.17) is 9.47 Å². The highest BCUT2D eigenvalue weighted by Crippen LogP contribution is 2.34. The van der Waals surface area contributed by atoms with Gasteiger partial charge in [-0.15, -0.1) is 0 Å². The van der Waals surface area contributed by atoms with Crippen molar-refractivity contribution >= 4 is 6.29 Å². The summed E-state index contributed by atoms with van der Waals surface area (Å²) in [5, 5.41) is 0. The average Bonchev–Trinajstić information content (AvgIpc) is 2.18. The van der Waals surface area contributed by atoms with Crippen LogP contribution in [-0.4, -0.2) is 19.5 Å². The average molecular weight is 182 g/mol. The molecule has 0 atom stereocenters. The van der Waals surface area contributed by atoms with Crippen molar-refractivity contribution in [2.75, 3.05) is 13.2 Å². The predicted molar refractivity (Wildman–Crippen MR) is 42.8 cm³/mol. The molecule has 0 radical (unpaired) electrons. The topological polar surface area (TPSA) is 35.5 Å². The number of carbonyl (C=O) groups excluding carboxylic acids is 1. The third-order valence-electron chi connectivity index (χ3n) is 1.81. The van der Waals surface area contributed by atoms with E-state index in [1.165, 1.54) is 12.1 Å². The van der Waals surface area contributed by atoms with Crippen LogP contribution in [-0.2, 0) is 0 Å². The van der Waals surface area contributed by atoms with E-state index < -0.39 is 5.82 Å². The van der Waals surface area contributed by atoms with Crippen LogP contribution in [0.2, 0.25) is 0 Å². The Kier molecular flexibility index (Phi) is 1.88. The van der Waals surface area contributed by atoms with E-state index in [0.717, 1.165) is 0 Å². The Morgan fingerprint density at radius 3 is 2.85 bits per heavy atom. The summed E-state index contributed by atoms with van der Waals surface area (Å²) in [6.45, 7) is 0.772. The quantitative estimate of drug-likeness (QED) is 0.616. The second-order valence-electron chi connectivity index (χ2n) is 2.60. The summed E-state index contributed by atoms with van der Waals surface area (Å²) in [6.07, 6.45) is 0.433. The standard InChI is InChI=1S/C9H7FO3/c10-7-1-2-8-9(6(7)5-11)13-4-3-12-8/h1-2,5H,3-4H2. The summed E-state index contributed by atoms with van der Waals surface area (Å²) in [4.78, 5) is 10.5. The smallest absolute Gasteiger partial charge is 0.174 e. The molecule has 1 aliphatic rings. The third-order valence-corrected chi connectivity index (χ3v) is 1.81. The molecule has 0 N–H and O–H groups in total. The molecule has 0 saturated heterocycles. The highest BCUT2D eigenvalue weighted by Gasteiger charge is 2.18. The SMILES string of the molecule is O=Cc1c(F)ccc2c1OCCO2. The van der Waals surface area contributed by atoms with Crippen LogP contribution in [0.4, 0.5) is 4.39 Å². The van der Waals surface area contributed by atoms with E-state index in [9.17, 15) is 9.18 Å².